The molecule has 0 radical (unpaired) electrons. The molecule has 0 heterocycles. The summed E-state index contributed by atoms with van der Waals surface area (Å²) in [6, 6.07) is -1.29. The number of nitrogens with two attached hydrogens (primary N) is 1. The molecule has 0 aromatic carbocycles. The minimum Gasteiger partial charge on any atom is -0.480 e. The summed E-state index contributed by atoms with van der Waals surface area (Å²) in [6.45, 7) is -0.499. The first-order valence-corrected chi connectivity index (χ1v) is 4.94. The van der Waals surface area contributed by atoms with E-state index in [-0.39, 0.29) is 0 Å². The van der Waals surface area contributed by atoms with E-state index in [1.54, 1.807) is 0 Å². The molecule has 7 nitrogen and oxygen atoms in total. The lowest BCUT2D eigenvalue weighted by atomic mass is 10.3. The van der Waals surface area contributed by atoms with Gasteiger partial charge in [-0.1, -0.05) is 0 Å². The highest BCUT2D eigenvalue weighted by Gasteiger charge is 2.25. The molecule has 0 aromatic rings. The van der Waals surface area contributed by atoms with Gasteiger partial charge in [0.05, 0.1) is 6.61 Å². The summed E-state index contributed by atoms with van der Waals surface area (Å²) < 4.78 is 16.5. The van der Waals surface area contributed by atoms with E-state index in [4.69, 9.17) is 15.7 Å². The number of hydrogen-bond donors (Lipinski definition) is 3. The molecule has 0 fully saturated rings. The van der Waals surface area contributed by atoms with Gasteiger partial charge in [-0.2, -0.15) is 0 Å². The van der Waals surface area contributed by atoms with Crippen LogP contribution in [0.3, 0.4) is 0 Å². The minimum atomic E-state index is -3.87. The Balaban J connectivity index is 4.03. The fourth-order valence-electron chi connectivity index (χ4n) is 0.364. The number of carbonyl (C=O) groups is 1. The van der Waals surface area contributed by atoms with Crippen molar-refractivity contribution in [3.63, 3.8) is 0 Å². The van der Waals surface area contributed by atoms with Gasteiger partial charge in [0.2, 0.25) is 0 Å². The summed E-state index contributed by atoms with van der Waals surface area (Å²) in [4.78, 5) is 19.2. The Morgan fingerprint density at radius 3 is 2.46 bits per heavy atom. The van der Waals surface area contributed by atoms with E-state index < -0.39 is 26.4 Å². The maximum atomic E-state index is 11.1. The molecule has 0 aromatic heterocycles. The lowest BCUT2D eigenvalue weighted by Crippen LogP contribution is -2.35. The van der Waals surface area contributed by atoms with E-state index in [1.807, 2.05) is 0 Å². The van der Waals surface area contributed by atoms with Crippen molar-refractivity contribution in [2.24, 2.45) is 5.73 Å². The van der Waals surface area contributed by atoms with E-state index in [0.717, 1.165) is 4.67 Å². The van der Waals surface area contributed by atoms with Gasteiger partial charge in [0, 0.05) is 0 Å². The maximum absolute atomic E-state index is 11.1. The Labute approximate surface area is 75.7 Å². The third-order valence-corrected chi connectivity index (χ3v) is 2.74. The molecular formula is C5H13N2O5P. The van der Waals surface area contributed by atoms with Crippen molar-refractivity contribution in [1.82, 2.24) is 4.67 Å². The number of nitrogens with zero attached hydrogens (tertiary/aromatic N) is 1. The van der Waals surface area contributed by atoms with Gasteiger partial charge < -0.3 is 15.7 Å². The van der Waals surface area contributed by atoms with Crippen LogP contribution in [0.4, 0.5) is 0 Å². The van der Waals surface area contributed by atoms with Crippen LogP contribution in [0.25, 0.3) is 0 Å². The summed E-state index contributed by atoms with van der Waals surface area (Å²) in [7, 11) is -1.19. The topological polar surface area (TPSA) is 113 Å². The van der Waals surface area contributed by atoms with Crippen molar-refractivity contribution >= 4 is 13.7 Å². The molecule has 0 rings (SSSR count). The van der Waals surface area contributed by atoms with Gasteiger partial charge in [0.1, 0.15) is 6.04 Å². The molecule has 78 valence electrons. The van der Waals surface area contributed by atoms with Crippen LogP contribution in [0.2, 0.25) is 0 Å². The Morgan fingerprint density at radius 2 is 2.15 bits per heavy atom. The van der Waals surface area contributed by atoms with Crippen LogP contribution in [0.1, 0.15) is 0 Å². The molecule has 0 saturated carbocycles. The van der Waals surface area contributed by atoms with Gasteiger partial charge in [0.15, 0.2) is 0 Å². The second-order valence-corrected chi connectivity index (χ2v) is 4.62. The van der Waals surface area contributed by atoms with Crippen LogP contribution >= 0.6 is 7.75 Å². The van der Waals surface area contributed by atoms with Gasteiger partial charge in [0.25, 0.3) is 0 Å². The Kier molecular flexibility index (Phi) is 4.52. The van der Waals surface area contributed by atoms with Crippen LogP contribution in [0.15, 0.2) is 0 Å². The van der Waals surface area contributed by atoms with Crippen molar-refractivity contribution in [2.45, 2.75) is 6.04 Å². The fraction of sp³-hybridized carbons (Fsp3) is 0.800. The predicted octanol–water partition coefficient (Wildman–Crippen LogP) is -0.923. The Bertz CT molecular complexity index is 231. The lowest BCUT2D eigenvalue weighted by molar-refractivity contribution is -0.139. The predicted molar refractivity (Wildman–Crippen MR) is 45.1 cm³/mol. The summed E-state index contributed by atoms with van der Waals surface area (Å²) in [6.07, 6.45) is 0. The zero-order chi connectivity index (χ0) is 10.6. The molecule has 0 bridgehead atoms. The normalized spacial score (nSPS) is 18.2. The first-order chi connectivity index (χ1) is 5.77. The van der Waals surface area contributed by atoms with Crippen LogP contribution < -0.4 is 5.73 Å². The summed E-state index contributed by atoms with van der Waals surface area (Å²) in [5.41, 5.74) is 5.05. The zero-order valence-electron chi connectivity index (χ0n) is 7.38. The van der Waals surface area contributed by atoms with Crippen molar-refractivity contribution < 1.29 is 23.9 Å². The molecule has 0 saturated heterocycles. The molecule has 0 aliphatic rings. The second kappa shape index (κ2) is 4.69. The largest absolute Gasteiger partial charge is 0.480 e. The van der Waals surface area contributed by atoms with Crippen molar-refractivity contribution in [3.8, 4) is 0 Å². The van der Waals surface area contributed by atoms with E-state index in [0.29, 0.717) is 0 Å². The average Bonchev–Trinajstić information content (AvgIpc) is 1.99. The number of carboxylic acid groups (broad SMARTS) is 1. The van der Waals surface area contributed by atoms with Gasteiger partial charge in [-0.05, 0) is 14.1 Å². The molecule has 4 N–H and O–H groups in total. The van der Waals surface area contributed by atoms with Crippen molar-refractivity contribution in [1.29, 1.82) is 0 Å². The van der Waals surface area contributed by atoms with E-state index in [1.165, 1.54) is 14.1 Å². The molecule has 2 atom stereocenters. The van der Waals surface area contributed by atoms with Gasteiger partial charge in [-0.25, -0.2) is 9.24 Å². The highest BCUT2D eigenvalue weighted by molar-refractivity contribution is 7.50. The maximum Gasteiger partial charge on any atom is 0.405 e. The summed E-state index contributed by atoms with van der Waals surface area (Å²) in [5, 5.41) is 8.33. The van der Waals surface area contributed by atoms with Gasteiger partial charge in [-0.15, -0.1) is 0 Å². The number of rotatable bonds is 5. The highest BCUT2D eigenvalue weighted by atomic mass is 31.2. The molecule has 0 spiro atoms. The van der Waals surface area contributed by atoms with E-state index in [9.17, 15) is 9.36 Å². The SMILES string of the molecule is CN(C)P(=O)(O)OC[C@H](N)C(=O)O. The van der Waals surface area contributed by atoms with E-state index in [2.05, 4.69) is 4.52 Å². The van der Waals surface area contributed by atoms with Gasteiger partial charge in [-0.3, -0.25) is 9.32 Å². The third kappa shape index (κ3) is 4.35. The molecule has 0 aliphatic carbocycles. The molecule has 1 unspecified atom stereocenters. The average molecular weight is 212 g/mol. The Morgan fingerprint density at radius 1 is 1.69 bits per heavy atom. The van der Waals surface area contributed by atoms with Crippen molar-refractivity contribution in [3.05, 3.63) is 0 Å². The van der Waals surface area contributed by atoms with Crippen LogP contribution in [0.5, 0.6) is 0 Å². The van der Waals surface area contributed by atoms with Crippen LogP contribution in [-0.4, -0.2) is 47.4 Å². The van der Waals surface area contributed by atoms with Crippen molar-refractivity contribution in [2.75, 3.05) is 20.7 Å². The van der Waals surface area contributed by atoms with Gasteiger partial charge >= 0.3 is 13.7 Å². The van der Waals surface area contributed by atoms with Crippen LogP contribution in [-0.2, 0) is 13.9 Å². The van der Waals surface area contributed by atoms with Crippen LogP contribution in [0, 0.1) is 0 Å². The minimum absolute atomic E-state index is 0.499. The number of carboxylic acids is 1. The third-order valence-electron chi connectivity index (χ3n) is 1.24. The molecular weight excluding hydrogens is 199 g/mol. The lowest BCUT2D eigenvalue weighted by Gasteiger charge is -2.18. The quantitative estimate of drug-likeness (QED) is 0.505. The monoisotopic (exact) mass is 212 g/mol. The number of aliphatic carboxylic acids is 1. The highest BCUT2D eigenvalue weighted by Crippen LogP contribution is 2.43. The molecule has 0 amide bonds. The zero-order valence-corrected chi connectivity index (χ0v) is 8.27. The first-order valence-electron chi connectivity index (χ1n) is 3.41. The number of hydrogen-bond acceptors (Lipinski definition) is 4. The van der Waals surface area contributed by atoms with E-state index >= 15 is 0 Å². The first kappa shape index (κ1) is 12.5. The summed E-state index contributed by atoms with van der Waals surface area (Å²) >= 11 is 0. The fourth-order valence-corrected chi connectivity index (χ4v) is 0.950. The second-order valence-electron chi connectivity index (χ2n) is 2.58. The summed E-state index contributed by atoms with van der Waals surface area (Å²) in [5.74, 6) is -1.28. The molecule has 8 heteroatoms. The Hall–Kier alpha value is -0.460. The molecule has 0 aliphatic heterocycles. The standard InChI is InChI=1S/C5H13N2O5P/c1-7(2)13(10,11)12-3-4(6)5(8)9/h4H,3,6H2,1-2H3,(H,8,9)(H,10,11)/t4-/m0/s1. The smallest absolute Gasteiger partial charge is 0.405 e. The molecule has 13 heavy (non-hydrogen) atoms.